The average Bonchev–Trinajstić information content (AvgIpc) is 3.14. The van der Waals surface area contributed by atoms with E-state index in [9.17, 15) is 9.59 Å². The molecular weight excluding hydrogens is 296 g/mol. The van der Waals surface area contributed by atoms with Gasteiger partial charge >= 0.3 is 6.09 Å². The van der Waals surface area contributed by atoms with Gasteiger partial charge < -0.3 is 15.7 Å². The predicted molar refractivity (Wildman–Crippen MR) is 84.6 cm³/mol. The number of hydrogen-bond acceptors (Lipinski definition) is 3. The molecule has 0 saturated heterocycles. The van der Waals surface area contributed by atoms with Gasteiger partial charge in [-0.2, -0.15) is 5.10 Å². The lowest BCUT2D eigenvalue weighted by Gasteiger charge is -2.06. The van der Waals surface area contributed by atoms with Crippen LogP contribution in [0.25, 0.3) is 0 Å². The van der Waals surface area contributed by atoms with Gasteiger partial charge in [0.2, 0.25) is 0 Å². The molecule has 1 heterocycles. The van der Waals surface area contributed by atoms with Gasteiger partial charge in [-0.15, -0.1) is 0 Å². The first-order valence-electron chi connectivity index (χ1n) is 7.50. The van der Waals surface area contributed by atoms with Crippen LogP contribution in [0, 0.1) is 0 Å². The first-order valence-corrected chi connectivity index (χ1v) is 7.50. The van der Waals surface area contributed by atoms with E-state index >= 15 is 0 Å². The summed E-state index contributed by atoms with van der Waals surface area (Å²) in [5.41, 5.74) is 2.17. The highest BCUT2D eigenvalue weighted by atomic mass is 16.4. The van der Waals surface area contributed by atoms with Crippen LogP contribution in [-0.4, -0.2) is 32.9 Å². The van der Waals surface area contributed by atoms with E-state index in [1.54, 1.807) is 23.1 Å². The zero-order valence-electron chi connectivity index (χ0n) is 12.7. The lowest BCUT2D eigenvalue weighted by Crippen LogP contribution is -2.24. The number of aromatic nitrogens is 2. The second kappa shape index (κ2) is 6.12. The summed E-state index contributed by atoms with van der Waals surface area (Å²) in [5, 5.41) is 18.1. The molecule has 0 bridgehead atoms. The summed E-state index contributed by atoms with van der Waals surface area (Å²) in [6, 6.07) is 7.23. The molecule has 3 rings (SSSR count). The number of aryl methyl sites for hydroxylation is 1. The predicted octanol–water partition coefficient (Wildman–Crippen LogP) is 2.28. The summed E-state index contributed by atoms with van der Waals surface area (Å²) in [6.45, 7) is 2.71. The lowest BCUT2D eigenvalue weighted by atomic mass is 10.1. The number of rotatable bonds is 5. The van der Waals surface area contributed by atoms with E-state index in [0.29, 0.717) is 11.3 Å². The maximum atomic E-state index is 12.3. The summed E-state index contributed by atoms with van der Waals surface area (Å²) in [5.74, 6) is -0.0624. The minimum atomic E-state index is -1.01. The van der Waals surface area contributed by atoms with Crippen molar-refractivity contribution < 1.29 is 14.7 Å². The topological polar surface area (TPSA) is 96.2 Å². The largest absolute Gasteiger partial charge is 0.465 e. The third-order valence-electron chi connectivity index (χ3n) is 3.89. The standard InChI is InChI=1S/C16H18N4O3/c1-2-20-9-12(8-17-20)18-15(21)11-5-3-4-10(6-11)13-7-14(13)19-16(22)23/h3-6,8-9,13-14,19H,2,7H2,1H3,(H,18,21)(H,22,23)/t13-,14+/m0/s1. The van der Waals surface area contributed by atoms with Crippen LogP contribution in [0.2, 0.25) is 0 Å². The van der Waals surface area contributed by atoms with Crippen molar-refractivity contribution in [1.82, 2.24) is 15.1 Å². The van der Waals surface area contributed by atoms with Crippen LogP contribution in [0.3, 0.4) is 0 Å². The van der Waals surface area contributed by atoms with Gasteiger partial charge in [-0.1, -0.05) is 12.1 Å². The first-order chi connectivity index (χ1) is 11.1. The van der Waals surface area contributed by atoms with Crippen LogP contribution >= 0.6 is 0 Å². The number of amides is 2. The molecule has 2 amide bonds. The number of nitrogens with zero attached hydrogens (tertiary/aromatic N) is 2. The summed E-state index contributed by atoms with van der Waals surface area (Å²) < 4.78 is 1.73. The maximum absolute atomic E-state index is 12.3. The van der Waals surface area contributed by atoms with Gasteiger partial charge in [-0.05, 0) is 31.0 Å². The quantitative estimate of drug-likeness (QED) is 0.789. The number of nitrogens with one attached hydrogen (secondary N) is 2. The molecule has 2 atom stereocenters. The molecule has 0 unspecified atom stereocenters. The van der Waals surface area contributed by atoms with Gasteiger partial charge in [0.25, 0.3) is 5.91 Å². The Morgan fingerprint density at radius 1 is 1.43 bits per heavy atom. The Hall–Kier alpha value is -2.83. The Morgan fingerprint density at radius 3 is 2.96 bits per heavy atom. The molecule has 1 aromatic carbocycles. The molecule has 0 aliphatic heterocycles. The van der Waals surface area contributed by atoms with Crippen LogP contribution in [0.15, 0.2) is 36.7 Å². The minimum Gasteiger partial charge on any atom is -0.465 e. The molecule has 23 heavy (non-hydrogen) atoms. The highest BCUT2D eigenvalue weighted by molar-refractivity contribution is 6.04. The fraction of sp³-hybridized carbons (Fsp3) is 0.312. The maximum Gasteiger partial charge on any atom is 0.404 e. The molecule has 120 valence electrons. The first kappa shape index (κ1) is 15.1. The number of hydrogen-bond donors (Lipinski definition) is 3. The Kier molecular flexibility index (Phi) is 4.01. The smallest absolute Gasteiger partial charge is 0.404 e. The fourth-order valence-electron chi connectivity index (χ4n) is 2.60. The second-order valence-corrected chi connectivity index (χ2v) is 5.56. The van der Waals surface area contributed by atoms with Crippen LogP contribution in [0.1, 0.15) is 35.2 Å². The molecule has 1 aliphatic carbocycles. The lowest BCUT2D eigenvalue weighted by molar-refractivity contribution is 0.102. The van der Waals surface area contributed by atoms with Crippen molar-refractivity contribution in [3.63, 3.8) is 0 Å². The molecule has 1 saturated carbocycles. The van der Waals surface area contributed by atoms with Gasteiger partial charge in [0, 0.05) is 30.3 Å². The van der Waals surface area contributed by atoms with Crippen LogP contribution in [-0.2, 0) is 6.54 Å². The zero-order chi connectivity index (χ0) is 16.4. The Morgan fingerprint density at radius 2 is 2.26 bits per heavy atom. The molecule has 1 fully saturated rings. The van der Waals surface area contributed by atoms with Gasteiger partial charge in [-0.25, -0.2) is 4.79 Å². The molecule has 7 heteroatoms. The molecule has 7 nitrogen and oxygen atoms in total. The molecule has 1 aliphatic rings. The van der Waals surface area contributed by atoms with Gasteiger partial charge in [0.05, 0.1) is 11.9 Å². The fourth-order valence-corrected chi connectivity index (χ4v) is 2.60. The summed E-state index contributed by atoms with van der Waals surface area (Å²) >= 11 is 0. The summed E-state index contributed by atoms with van der Waals surface area (Å²) in [4.78, 5) is 23.0. The van der Waals surface area contributed by atoms with Crippen LogP contribution in [0.4, 0.5) is 10.5 Å². The molecule has 3 N–H and O–H groups in total. The van der Waals surface area contributed by atoms with Crippen molar-refractivity contribution in [1.29, 1.82) is 0 Å². The minimum absolute atomic E-state index is 0.0615. The van der Waals surface area contributed by atoms with Gasteiger partial charge in [0.15, 0.2) is 0 Å². The van der Waals surface area contributed by atoms with E-state index in [2.05, 4.69) is 15.7 Å². The monoisotopic (exact) mass is 314 g/mol. The average molecular weight is 314 g/mol. The number of carbonyl (C=O) groups excluding carboxylic acids is 1. The second-order valence-electron chi connectivity index (χ2n) is 5.56. The molecule has 0 radical (unpaired) electrons. The Bertz CT molecular complexity index is 740. The van der Waals surface area contributed by atoms with Crippen molar-refractivity contribution in [2.45, 2.75) is 31.8 Å². The molecule has 1 aromatic heterocycles. The van der Waals surface area contributed by atoms with E-state index < -0.39 is 6.09 Å². The van der Waals surface area contributed by atoms with E-state index in [0.717, 1.165) is 18.5 Å². The van der Waals surface area contributed by atoms with Crippen molar-refractivity contribution in [2.24, 2.45) is 0 Å². The molecule has 2 aromatic rings. The summed E-state index contributed by atoms with van der Waals surface area (Å²) in [7, 11) is 0. The highest BCUT2D eigenvalue weighted by Crippen LogP contribution is 2.40. The van der Waals surface area contributed by atoms with E-state index in [1.165, 1.54) is 0 Å². The normalized spacial score (nSPS) is 19.2. The third-order valence-corrected chi connectivity index (χ3v) is 3.89. The Balaban J connectivity index is 1.67. The Labute approximate surface area is 133 Å². The van der Waals surface area contributed by atoms with Gasteiger partial charge in [0.1, 0.15) is 0 Å². The van der Waals surface area contributed by atoms with E-state index in [-0.39, 0.29) is 17.9 Å². The van der Waals surface area contributed by atoms with E-state index in [1.807, 2.05) is 25.1 Å². The van der Waals surface area contributed by atoms with Crippen molar-refractivity contribution >= 4 is 17.7 Å². The molecule has 0 spiro atoms. The van der Waals surface area contributed by atoms with E-state index in [4.69, 9.17) is 5.11 Å². The van der Waals surface area contributed by atoms with Crippen molar-refractivity contribution in [3.8, 4) is 0 Å². The number of anilines is 1. The number of benzene rings is 1. The number of carboxylic acid groups (broad SMARTS) is 1. The zero-order valence-corrected chi connectivity index (χ0v) is 12.7. The van der Waals surface area contributed by atoms with Crippen LogP contribution in [0.5, 0.6) is 0 Å². The van der Waals surface area contributed by atoms with Gasteiger partial charge in [-0.3, -0.25) is 9.48 Å². The van der Waals surface area contributed by atoms with Crippen molar-refractivity contribution in [2.75, 3.05) is 5.32 Å². The SMILES string of the molecule is CCn1cc(NC(=O)c2cccc([C@@H]3C[C@H]3NC(=O)O)c2)cn1. The summed E-state index contributed by atoms with van der Waals surface area (Å²) in [6.07, 6.45) is 3.13. The number of carbonyl (C=O) groups is 2. The highest BCUT2D eigenvalue weighted by Gasteiger charge is 2.39. The van der Waals surface area contributed by atoms with Crippen molar-refractivity contribution in [3.05, 3.63) is 47.8 Å². The third kappa shape index (κ3) is 3.50. The molecular formula is C16H18N4O3. The van der Waals surface area contributed by atoms with Crippen LogP contribution < -0.4 is 10.6 Å².